The Bertz CT molecular complexity index is 1140. The van der Waals surface area contributed by atoms with Crippen molar-refractivity contribution >= 4 is 21.6 Å². The minimum atomic E-state index is -3.75. The summed E-state index contributed by atoms with van der Waals surface area (Å²) in [4.78, 5) is 12.9. The van der Waals surface area contributed by atoms with Gasteiger partial charge in [0.2, 0.25) is 0 Å². The molecule has 0 radical (unpaired) electrons. The number of amides is 1. The molecule has 1 atom stereocenters. The number of sulfonamides is 1. The first-order valence-electron chi connectivity index (χ1n) is 9.43. The summed E-state index contributed by atoms with van der Waals surface area (Å²) in [6.45, 7) is 3.75. The number of carbonyl (C=O) groups is 1. The van der Waals surface area contributed by atoms with E-state index in [-0.39, 0.29) is 16.8 Å². The molecule has 0 spiro atoms. The van der Waals surface area contributed by atoms with Gasteiger partial charge in [-0.15, -0.1) is 0 Å². The molecule has 0 bridgehead atoms. The van der Waals surface area contributed by atoms with E-state index in [1.807, 2.05) is 38.1 Å². The highest BCUT2D eigenvalue weighted by Crippen LogP contribution is 2.25. The van der Waals surface area contributed by atoms with E-state index in [4.69, 9.17) is 4.74 Å². The van der Waals surface area contributed by atoms with Gasteiger partial charge in [0.1, 0.15) is 5.75 Å². The first-order valence-corrected chi connectivity index (χ1v) is 10.9. The molecule has 3 rings (SSSR count). The van der Waals surface area contributed by atoms with E-state index in [2.05, 4.69) is 10.0 Å². The van der Waals surface area contributed by atoms with Gasteiger partial charge in [-0.2, -0.15) is 0 Å². The standard InChI is InChI=1S/C23H24N2O4S/c1-16-11-13-20(14-12-16)30(27,28)25-19-8-6-7-18(15-19)23(26)24-17(2)21-9-4-5-10-22(21)29-3/h4-15,17,25H,1-3H3,(H,24,26)/t17-/m1/s1. The Labute approximate surface area is 177 Å². The number of benzene rings is 3. The topological polar surface area (TPSA) is 84.5 Å². The van der Waals surface area contributed by atoms with Gasteiger partial charge in [-0.1, -0.05) is 42.0 Å². The number of ether oxygens (including phenoxy) is 1. The monoisotopic (exact) mass is 424 g/mol. The summed E-state index contributed by atoms with van der Waals surface area (Å²) in [7, 11) is -2.17. The Morgan fingerprint density at radius 2 is 1.67 bits per heavy atom. The second-order valence-electron chi connectivity index (χ2n) is 6.94. The molecule has 0 aromatic heterocycles. The SMILES string of the molecule is COc1ccccc1[C@@H](C)NC(=O)c1cccc(NS(=O)(=O)c2ccc(C)cc2)c1. The van der Waals surface area contributed by atoms with Crippen LogP contribution in [0.25, 0.3) is 0 Å². The lowest BCUT2D eigenvalue weighted by molar-refractivity contribution is 0.0939. The molecule has 2 N–H and O–H groups in total. The van der Waals surface area contributed by atoms with Gasteiger partial charge in [0.05, 0.1) is 18.0 Å². The molecule has 0 heterocycles. The molecule has 0 unspecified atom stereocenters. The maximum Gasteiger partial charge on any atom is 0.261 e. The number of methoxy groups -OCH3 is 1. The Morgan fingerprint density at radius 1 is 0.967 bits per heavy atom. The first kappa shape index (κ1) is 21.4. The number of hydrogen-bond donors (Lipinski definition) is 2. The summed E-state index contributed by atoms with van der Waals surface area (Å²) < 4.78 is 33.1. The van der Waals surface area contributed by atoms with Gasteiger partial charge in [0.15, 0.2) is 0 Å². The van der Waals surface area contributed by atoms with E-state index in [9.17, 15) is 13.2 Å². The summed E-state index contributed by atoms with van der Waals surface area (Å²) in [6, 6.07) is 20.1. The van der Waals surface area contributed by atoms with Crippen LogP contribution in [-0.2, 0) is 10.0 Å². The fraction of sp³-hybridized carbons (Fsp3) is 0.174. The predicted molar refractivity (Wildman–Crippen MR) is 117 cm³/mol. The molecule has 3 aromatic rings. The van der Waals surface area contributed by atoms with Crippen LogP contribution in [0.5, 0.6) is 5.75 Å². The number of carbonyl (C=O) groups excluding carboxylic acids is 1. The van der Waals surface area contributed by atoms with E-state index in [1.165, 1.54) is 6.07 Å². The maximum absolute atomic E-state index is 12.7. The van der Waals surface area contributed by atoms with Gasteiger partial charge in [-0.05, 0) is 50.2 Å². The van der Waals surface area contributed by atoms with E-state index >= 15 is 0 Å². The highest BCUT2D eigenvalue weighted by molar-refractivity contribution is 7.92. The van der Waals surface area contributed by atoms with Crippen LogP contribution >= 0.6 is 0 Å². The minimum Gasteiger partial charge on any atom is -0.496 e. The van der Waals surface area contributed by atoms with Crippen LogP contribution in [0.1, 0.15) is 34.5 Å². The van der Waals surface area contributed by atoms with Gasteiger partial charge in [0, 0.05) is 16.8 Å². The van der Waals surface area contributed by atoms with Crippen molar-refractivity contribution in [1.82, 2.24) is 5.32 Å². The molecule has 0 saturated carbocycles. The normalized spacial score (nSPS) is 12.1. The number of aryl methyl sites for hydroxylation is 1. The average molecular weight is 425 g/mol. The van der Waals surface area contributed by atoms with Crippen LogP contribution in [0.3, 0.4) is 0 Å². The first-order chi connectivity index (χ1) is 14.3. The fourth-order valence-electron chi connectivity index (χ4n) is 3.04. The van der Waals surface area contributed by atoms with E-state index in [0.29, 0.717) is 17.0 Å². The molecule has 0 aliphatic heterocycles. The second-order valence-corrected chi connectivity index (χ2v) is 8.62. The molecule has 6 nitrogen and oxygen atoms in total. The number of rotatable bonds is 7. The van der Waals surface area contributed by atoms with Crippen molar-refractivity contribution in [2.45, 2.75) is 24.8 Å². The third kappa shape index (κ3) is 4.99. The largest absolute Gasteiger partial charge is 0.496 e. The number of nitrogens with one attached hydrogen (secondary N) is 2. The predicted octanol–water partition coefficient (Wildman–Crippen LogP) is 4.30. The number of para-hydroxylation sites is 1. The molecular formula is C23H24N2O4S. The maximum atomic E-state index is 12.7. The Hall–Kier alpha value is -3.32. The van der Waals surface area contributed by atoms with Gasteiger partial charge >= 0.3 is 0 Å². The van der Waals surface area contributed by atoms with Crippen LogP contribution < -0.4 is 14.8 Å². The van der Waals surface area contributed by atoms with Gasteiger partial charge in [0.25, 0.3) is 15.9 Å². The highest BCUT2D eigenvalue weighted by Gasteiger charge is 2.17. The molecule has 0 aliphatic rings. The third-order valence-electron chi connectivity index (χ3n) is 4.66. The van der Waals surface area contributed by atoms with Crippen LogP contribution in [0.15, 0.2) is 77.7 Å². The van der Waals surface area contributed by atoms with Crippen molar-refractivity contribution in [1.29, 1.82) is 0 Å². The van der Waals surface area contributed by atoms with Crippen molar-refractivity contribution in [3.8, 4) is 5.75 Å². The van der Waals surface area contributed by atoms with E-state index in [0.717, 1.165) is 11.1 Å². The van der Waals surface area contributed by atoms with Crippen molar-refractivity contribution in [2.75, 3.05) is 11.8 Å². The molecule has 30 heavy (non-hydrogen) atoms. The van der Waals surface area contributed by atoms with Crippen LogP contribution in [0.4, 0.5) is 5.69 Å². The summed E-state index contributed by atoms with van der Waals surface area (Å²) in [6.07, 6.45) is 0. The van der Waals surface area contributed by atoms with E-state index < -0.39 is 10.0 Å². The second kappa shape index (κ2) is 9.00. The van der Waals surface area contributed by atoms with Crippen molar-refractivity contribution < 1.29 is 17.9 Å². The van der Waals surface area contributed by atoms with Crippen molar-refractivity contribution in [3.63, 3.8) is 0 Å². The number of hydrogen-bond acceptors (Lipinski definition) is 4. The molecule has 3 aromatic carbocycles. The zero-order valence-corrected chi connectivity index (χ0v) is 17.9. The van der Waals surface area contributed by atoms with Crippen LogP contribution in [0, 0.1) is 6.92 Å². The van der Waals surface area contributed by atoms with Crippen molar-refractivity contribution in [2.24, 2.45) is 0 Å². The smallest absolute Gasteiger partial charge is 0.261 e. The average Bonchev–Trinajstić information content (AvgIpc) is 2.73. The molecule has 0 saturated heterocycles. The lowest BCUT2D eigenvalue weighted by atomic mass is 10.1. The van der Waals surface area contributed by atoms with Gasteiger partial charge < -0.3 is 10.1 Å². The molecule has 156 valence electrons. The zero-order chi connectivity index (χ0) is 21.7. The third-order valence-corrected chi connectivity index (χ3v) is 6.06. The molecule has 1 amide bonds. The van der Waals surface area contributed by atoms with Gasteiger partial charge in [-0.25, -0.2) is 8.42 Å². The Balaban J connectivity index is 1.76. The van der Waals surface area contributed by atoms with Crippen LogP contribution in [0.2, 0.25) is 0 Å². The summed E-state index contributed by atoms with van der Waals surface area (Å²) in [5, 5.41) is 2.92. The lowest BCUT2D eigenvalue weighted by Crippen LogP contribution is -2.27. The number of anilines is 1. The fourth-order valence-corrected chi connectivity index (χ4v) is 4.09. The van der Waals surface area contributed by atoms with E-state index in [1.54, 1.807) is 49.6 Å². The Morgan fingerprint density at radius 3 is 2.37 bits per heavy atom. The lowest BCUT2D eigenvalue weighted by Gasteiger charge is -2.17. The zero-order valence-electron chi connectivity index (χ0n) is 17.0. The van der Waals surface area contributed by atoms with Crippen molar-refractivity contribution in [3.05, 3.63) is 89.5 Å². The summed E-state index contributed by atoms with van der Waals surface area (Å²) in [5.41, 5.74) is 2.48. The quantitative estimate of drug-likeness (QED) is 0.592. The summed E-state index contributed by atoms with van der Waals surface area (Å²) >= 11 is 0. The minimum absolute atomic E-state index is 0.160. The highest BCUT2D eigenvalue weighted by atomic mass is 32.2. The molecular weight excluding hydrogens is 400 g/mol. The molecule has 0 fully saturated rings. The van der Waals surface area contributed by atoms with Gasteiger partial charge in [-0.3, -0.25) is 9.52 Å². The van der Waals surface area contributed by atoms with Crippen LogP contribution in [-0.4, -0.2) is 21.4 Å². The Kier molecular flexibility index (Phi) is 6.42. The molecule has 0 aliphatic carbocycles. The summed E-state index contributed by atoms with van der Waals surface area (Å²) in [5.74, 6) is 0.370. The molecule has 7 heteroatoms.